The molecule has 18 heavy (non-hydrogen) atoms. The van der Waals surface area contributed by atoms with Gasteiger partial charge in [-0.05, 0) is 6.07 Å². The number of nitrogens with two attached hydrogens (primary N) is 1. The second-order valence-corrected chi connectivity index (χ2v) is 4.94. The number of anilines is 1. The number of aromatic nitrogens is 4. The number of thiazole rings is 1. The molecule has 0 fully saturated rings. The molecule has 0 saturated heterocycles. The Hall–Kier alpha value is -1.92. The van der Waals surface area contributed by atoms with Gasteiger partial charge >= 0.3 is 0 Å². The van der Waals surface area contributed by atoms with E-state index in [1.165, 1.54) is 17.7 Å². The van der Waals surface area contributed by atoms with Crippen molar-refractivity contribution >= 4 is 28.1 Å². The van der Waals surface area contributed by atoms with E-state index in [1.54, 1.807) is 11.0 Å². The van der Waals surface area contributed by atoms with Gasteiger partial charge in [0.15, 0.2) is 5.13 Å². The lowest BCUT2D eigenvalue weighted by Crippen LogP contribution is -1.94. The Kier molecular flexibility index (Phi) is 2.73. The summed E-state index contributed by atoms with van der Waals surface area (Å²) in [5, 5.41) is 5.99. The zero-order valence-corrected chi connectivity index (χ0v) is 10.7. The quantitative estimate of drug-likeness (QED) is 0.782. The molecule has 0 bridgehead atoms. The highest BCUT2D eigenvalue weighted by atomic mass is 35.5. The highest BCUT2D eigenvalue weighted by molar-refractivity contribution is 7.18. The molecular formula is C11H8ClN5S. The van der Waals surface area contributed by atoms with Crippen molar-refractivity contribution in [2.45, 2.75) is 0 Å². The number of rotatable bonds is 2. The van der Waals surface area contributed by atoms with E-state index in [0.717, 1.165) is 10.6 Å². The molecule has 0 radical (unpaired) electrons. The van der Waals surface area contributed by atoms with E-state index in [4.69, 9.17) is 17.3 Å². The minimum atomic E-state index is 0.468. The van der Waals surface area contributed by atoms with Crippen molar-refractivity contribution in [3.63, 3.8) is 0 Å². The number of hydrogen-bond acceptors (Lipinski definition) is 5. The van der Waals surface area contributed by atoms with Crippen molar-refractivity contribution in [3.05, 3.63) is 41.9 Å². The second-order valence-electron chi connectivity index (χ2n) is 3.53. The maximum Gasteiger partial charge on any atom is 0.182 e. The van der Waals surface area contributed by atoms with Crippen LogP contribution in [0.3, 0.4) is 0 Å². The molecule has 0 amide bonds. The zero-order valence-electron chi connectivity index (χ0n) is 9.12. The lowest BCUT2D eigenvalue weighted by Gasteiger charge is -2.03. The summed E-state index contributed by atoms with van der Waals surface area (Å²) in [4.78, 5) is 8.24. The molecule has 1 aromatic carbocycles. The maximum absolute atomic E-state index is 6.18. The van der Waals surface area contributed by atoms with Gasteiger partial charge in [-0.15, -0.1) is 0 Å². The highest BCUT2D eigenvalue weighted by Gasteiger charge is 2.16. The molecule has 3 aromatic rings. The predicted molar refractivity (Wildman–Crippen MR) is 71.9 cm³/mol. The zero-order chi connectivity index (χ0) is 12.5. The van der Waals surface area contributed by atoms with E-state index < -0.39 is 0 Å². The van der Waals surface area contributed by atoms with Crippen LogP contribution in [-0.2, 0) is 0 Å². The standard InChI is InChI=1S/C11H8ClN5S/c12-8-4-2-1-3-7(8)9-10(18-11(13)16-9)17-6-14-5-15-17/h1-6H,(H2,13,16). The largest absolute Gasteiger partial charge is 0.375 e. The second kappa shape index (κ2) is 4.40. The van der Waals surface area contributed by atoms with Crippen LogP contribution in [0.1, 0.15) is 0 Å². The summed E-state index contributed by atoms with van der Waals surface area (Å²) in [6.07, 6.45) is 3.07. The van der Waals surface area contributed by atoms with Crippen molar-refractivity contribution in [1.29, 1.82) is 0 Å². The molecule has 0 spiro atoms. The van der Waals surface area contributed by atoms with Gasteiger partial charge in [0, 0.05) is 5.56 Å². The number of benzene rings is 1. The van der Waals surface area contributed by atoms with Crippen molar-refractivity contribution in [3.8, 4) is 16.3 Å². The molecule has 0 unspecified atom stereocenters. The number of nitrogen functional groups attached to an aromatic ring is 1. The Balaban J connectivity index is 2.22. The summed E-state index contributed by atoms with van der Waals surface area (Å²) in [7, 11) is 0. The van der Waals surface area contributed by atoms with Gasteiger partial charge in [0.1, 0.15) is 23.3 Å². The minimum absolute atomic E-state index is 0.468. The molecule has 0 aliphatic heterocycles. The number of halogens is 1. The summed E-state index contributed by atoms with van der Waals surface area (Å²) >= 11 is 7.52. The summed E-state index contributed by atoms with van der Waals surface area (Å²) in [6.45, 7) is 0. The summed E-state index contributed by atoms with van der Waals surface area (Å²) in [5.74, 6) is 0. The fourth-order valence-corrected chi connectivity index (χ4v) is 2.63. The van der Waals surface area contributed by atoms with Crippen LogP contribution in [0.25, 0.3) is 16.3 Å². The smallest absolute Gasteiger partial charge is 0.182 e. The van der Waals surface area contributed by atoms with Gasteiger partial charge in [-0.3, -0.25) is 0 Å². The van der Waals surface area contributed by atoms with E-state index >= 15 is 0 Å². The first-order chi connectivity index (χ1) is 8.75. The van der Waals surface area contributed by atoms with Crippen LogP contribution in [0.5, 0.6) is 0 Å². The Morgan fingerprint density at radius 3 is 2.83 bits per heavy atom. The van der Waals surface area contributed by atoms with E-state index in [0.29, 0.717) is 15.8 Å². The fraction of sp³-hybridized carbons (Fsp3) is 0. The van der Waals surface area contributed by atoms with E-state index in [9.17, 15) is 0 Å². The van der Waals surface area contributed by atoms with Crippen LogP contribution in [0.15, 0.2) is 36.9 Å². The molecule has 2 aromatic heterocycles. The average molecular weight is 278 g/mol. The third-order valence-corrected chi connectivity index (χ3v) is 3.59. The SMILES string of the molecule is Nc1nc(-c2ccccc2Cl)c(-n2cncn2)s1. The van der Waals surface area contributed by atoms with Gasteiger partial charge in [0.05, 0.1) is 5.02 Å². The third kappa shape index (κ3) is 1.85. The van der Waals surface area contributed by atoms with E-state index in [-0.39, 0.29) is 0 Å². The molecule has 7 heteroatoms. The molecular weight excluding hydrogens is 270 g/mol. The minimum Gasteiger partial charge on any atom is -0.375 e. The lowest BCUT2D eigenvalue weighted by molar-refractivity contribution is 0.895. The number of hydrogen-bond donors (Lipinski definition) is 1. The van der Waals surface area contributed by atoms with Gasteiger partial charge in [-0.2, -0.15) is 5.10 Å². The van der Waals surface area contributed by atoms with Gasteiger partial charge in [0.2, 0.25) is 0 Å². The van der Waals surface area contributed by atoms with Crippen molar-refractivity contribution in [2.24, 2.45) is 0 Å². The van der Waals surface area contributed by atoms with Crippen molar-refractivity contribution in [2.75, 3.05) is 5.73 Å². The van der Waals surface area contributed by atoms with E-state index in [1.807, 2.05) is 24.3 Å². The average Bonchev–Trinajstić information content (AvgIpc) is 2.98. The molecule has 0 aliphatic carbocycles. The Bertz CT molecular complexity index is 677. The molecule has 2 N–H and O–H groups in total. The van der Waals surface area contributed by atoms with Crippen LogP contribution >= 0.6 is 22.9 Å². The summed E-state index contributed by atoms with van der Waals surface area (Å²) < 4.78 is 1.63. The number of nitrogens with zero attached hydrogens (tertiary/aromatic N) is 4. The molecule has 2 heterocycles. The van der Waals surface area contributed by atoms with Crippen molar-refractivity contribution < 1.29 is 0 Å². The van der Waals surface area contributed by atoms with Gasteiger partial charge in [-0.1, -0.05) is 41.1 Å². The van der Waals surface area contributed by atoms with E-state index in [2.05, 4.69) is 15.1 Å². The summed E-state index contributed by atoms with van der Waals surface area (Å²) in [6, 6.07) is 7.49. The first kappa shape index (κ1) is 11.2. The first-order valence-electron chi connectivity index (χ1n) is 5.12. The molecule has 90 valence electrons. The normalized spacial score (nSPS) is 10.7. The first-order valence-corrected chi connectivity index (χ1v) is 6.31. The third-order valence-electron chi connectivity index (χ3n) is 2.38. The highest BCUT2D eigenvalue weighted by Crippen LogP contribution is 2.35. The molecule has 0 atom stereocenters. The Morgan fingerprint density at radius 2 is 2.11 bits per heavy atom. The molecule has 3 rings (SSSR count). The molecule has 0 saturated carbocycles. The topological polar surface area (TPSA) is 69.6 Å². The predicted octanol–water partition coefficient (Wildman–Crippen LogP) is 2.63. The summed E-state index contributed by atoms with van der Waals surface area (Å²) in [5.41, 5.74) is 7.32. The van der Waals surface area contributed by atoms with Gasteiger partial charge in [0.25, 0.3) is 0 Å². The van der Waals surface area contributed by atoms with Crippen molar-refractivity contribution in [1.82, 2.24) is 19.7 Å². The Morgan fingerprint density at radius 1 is 1.28 bits per heavy atom. The van der Waals surface area contributed by atoms with Crippen LogP contribution in [0.2, 0.25) is 5.02 Å². The fourth-order valence-electron chi connectivity index (χ4n) is 1.63. The van der Waals surface area contributed by atoms with Crippen LogP contribution in [-0.4, -0.2) is 19.7 Å². The van der Waals surface area contributed by atoms with Crippen LogP contribution in [0, 0.1) is 0 Å². The van der Waals surface area contributed by atoms with Crippen LogP contribution in [0.4, 0.5) is 5.13 Å². The monoisotopic (exact) mass is 277 g/mol. The van der Waals surface area contributed by atoms with Crippen LogP contribution < -0.4 is 5.73 Å². The maximum atomic E-state index is 6.18. The van der Waals surface area contributed by atoms with Gasteiger partial charge < -0.3 is 5.73 Å². The Labute approximate surface area is 112 Å². The lowest BCUT2D eigenvalue weighted by atomic mass is 10.1. The molecule has 5 nitrogen and oxygen atoms in total. The molecule has 0 aliphatic rings. The van der Waals surface area contributed by atoms with Gasteiger partial charge in [-0.25, -0.2) is 14.6 Å².